The molecule has 1 aromatic carbocycles. The predicted molar refractivity (Wildman–Crippen MR) is 80.8 cm³/mol. The fourth-order valence-electron chi connectivity index (χ4n) is 2.15. The van der Waals surface area contributed by atoms with Gasteiger partial charge in [-0.05, 0) is 35.1 Å². The van der Waals surface area contributed by atoms with Crippen molar-refractivity contribution in [3.8, 4) is 5.75 Å². The van der Waals surface area contributed by atoms with Crippen LogP contribution in [0.15, 0.2) is 24.3 Å². The van der Waals surface area contributed by atoms with Crippen LogP contribution in [0.25, 0.3) is 0 Å². The van der Waals surface area contributed by atoms with Gasteiger partial charge in [-0.1, -0.05) is 62.3 Å². The van der Waals surface area contributed by atoms with E-state index in [2.05, 4.69) is 16.2 Å². The van der Waals surface area contributed by atoms with Gasteiger partial charge in [0, 0.05) is 0 Å². The van der Waals surface area contributed by atoms with Crippen molar-refractivity contribution in [1.82, 2.24) is 0 Å². The molecule has 1 rings (SSSR count). The van der Waals surface area contributed by atoms with Crippen LogP contribution in [0.5, 0.6) is 5.75 Å². The molecule has 120 valence electrons. The van der Waals surface area contributed by atoms with Gasteiger partial charge >= 0.3 is 7.82 Å². The third-order valence-corrected chi connectivity index (χ3v) is 3.92. The zero-order valence-corrected chi connectivity index (χ0v) is 13.4. The maximum Gasteiger partial charge on any atom is 0.559 e. The molecule has 0 bridgehead atoms. The first-order valence-corrected chi connectivity index (χ1v) is 8.98. The molecule has 21 heavy (non-hydrogen) atoms. The van der Waals surface area contributed by atoms with Crippen LogP contribution >= 0.6 is 7.82 Å². The number of hydrogen-bond acceptors (Lipinski definition) is 3. The molecule has 1 aromatic rings. The van der Waals surface area contributed by atoms with Crippen LogP contribution in [-0.2, 0) is 15.7 Å². The van der Waals surface area contributed by atoms with E-state index >= 15 is 0 Å². The molecule has 0 aromatic heterocycles. The van der Waals surface area contributed by atoms with Crippen molar-refractivity contribution in [3.63, 3.8) is 0 Å². The molecule has 1 unspecified atom stereocenters. The summed E-state index contributed by atoms with van der Waals surface area (Å²) in [5.41, 5.74) is 1.13. The highest BCUT2D eigenvalue weighted by atomic mass is 31.2. The van der Waals surface area contributed by atoms with E-state index in [1.165, 1.54) is 38.5 Å². The zero-order valence-electron chi connectivity index (χ0n) is 12.5. The van der Waals surface area contributed by atoms with Gasteiger partial charge in [-0.15, -0.1) is 0 Å². The van der Waals surface area contributed by atoms with E-state index in [1.807, 2.05) is 12.1 Å². The normalized spacial score (nSPS) is 13.9. The second kappa shape index (κ2) is 9.93. The topological polar surface area (TPSA) is 55.8 Å². The van der Waals surface area contributed by atoms with Gasteiger partial charge in [0.15, 0.2) is 0 Å². The Kier molecular flexibility index (Phi) is 8.58. The minimum Gasteiger partial charge on any atom is -0.403 e. The van der Waals surface area contributed by atoms with E-state index in [0.29, 0.717) is 0 Å². The number of halogens is 1. The Morgan fingerprint density at radius 3 is 2.19 bits per heavy atom. The van der Waals surface area contributed by atoms with Crippen LogP contribution in [0.4, 0.5) is 4.53 Å². The fourth-order valence-corrected chi connectivity index (χ4v) is 2.57. The van der Waals surface area contributed by atoms with E-state index in [1.54, 1.807) is 12.1 Å². The molecule has 0 aliphatic rings. The lowest BCUT2D eigenvalue weighted by Crippen LogP contribution is -1.92. The largest absolute Gasteiger partial charge is 0.559 e. The minimum atomic E-state index is -4.62. The molecule has 0 aliphatic heterocycles. The Hall–Kier alpha value is -0.900. The van der Waals surface area contributed by atoms with Crippen molar-refractivity contribution in [1.29, 1.82) is 0 Å². The van der Waals surface area contributed by atoms with Crippen molar-refractivity contribution < 1.29 is 23.2 Å². The number of hydrogen-bond donors (Lipinski definition) is 1. The SMILES string of the molecule is CCCCCCCCCc1ccc(OP(=O)(O)OF)cc1. The van der Waals surface area contributed by atoms with Gasteiger partial charge in [-0.3, -0.25) is 4.89 Å². The van der Waals surface area contributed by atoms with Crippen molar-refractivity contribution in [2.75, 3.05) is 0 Å². The molecule has 0 heterocycles. The summed E-state index contributed by atoms with van der Waals surface area (Å²) in [7, 11) is -4.62. The van der Waals surface area contributed by atoms with Crippen LogP contribution in [0.2, 0.25) is 0 Å². The number of aryl methyl sites for hydroxylation is 1. The molecule has 4 nitrogen and oxygen atoms in total. The number of phosphoric ester groups is 1. The molecule has 1 N–H and O–H groups in total. The highest BCUT2D eigenvalue weighted by Crippen LogP contribution is 2.43. The van der Waals surface area contributed by atoms with Gasteiger partial charge in [-0.25, -0.2) is 4.57 Å². The van der Waals surface area contributed by atoms with Crippen molar-refractivity contribution in [2.45, 2.75) is 58.3 Å². The van der Waals surface area contributed by atoms with Gasteiger partial charge in [0.25, 0.3) is 0 Å². The predicted octanol–water partition coefficient (Wildman–Crippen LogP) is 5.36. The van der Waals surface area contributed by atoms with Crippen LogP contribution in [0.3, 0.4) is 0 Å². The van der Waals surface area contributed by atoms with Crippen LogP contribution < -0.4 is 4.52 Å². The Labute approximate surface area is 125 Å². The van der Waals surface area contributed by atoms with Gasteiger partial charge in [-0.2, -0.15) is 0 Å². The summed E-state index contributed by atoms with van der Waals surface area (Å²) in [5, 5.41) is 0. The molecule has 0 radical (unpaired) electrons. The van der Waals surface area contributed by atoms with Crippen LogP contribution in [0.1, 0.15) is 57.4 Å². The van der Waals surface area contributed by atoms with E-state index in [-0.39, 0.29) is 5.75 Å². The average molecular weight is 318 g/mol. The van der Waals surface area contributed by atoms with Crippen LogP contribution in [-0.4, -0.2) is 4.89 Å². The molecular formula is C15H24FO4P. The van der Waals surface area contributed by atoms with Gasteiger partial charge in [0.1, 0.15) is 5.75 Å². The Morgan fingerprint density at radius 1 is 1.05 bits per heavy atom. The maximum atomic E-state index is 11.7. The molecule has 0 fully saturated rings. The summed E-state index contributed by atoms with van der Waals surface area (Å²) < 4.78 is 30.0. The summed E-state index contributed by atoms with van der Waals surface area (Å²) in [6, 6.07) is 6.70. The molecule has 0 aliphatic carbocycles. The summed E-state index contributed by atoms with van der Waals surface area (Å²) >= 11 is 0. The average Bonchev–Trinajstić information content (AvgIpc) is 2.48. The number of phosphoric acid groups is 1. The molecular weight excluding hydrogens is 294 g/mol. The Morgan fingerprint density at radius 2 is 1.62 bits per heavy atom. The van der Waals surface area contributed by atoms with Gasteiger partial charge < -0.3 is 4.52 Å². The van der Waals surface area contributed by atoms with Crippen molar-refractivity contribution >= 4 is 7.82 Å². The first kappa shape index (κ1) is 18.1. The van der Waals surface area contributed by atoms with Crippen molar-refractivity contribution in [2.24, 2.45) is 0 Å². The third kappa shape index (κ3) is 8.20. The van der Waals surface area contributed by atoms with Gasteiger partial charge in [0.05, 0.1) is 0 Å². The fraction of sp³-hybridized carbons (Fsp3) is 0.600. The lowest BCUT2D eigenvalue weighted by molar-refractivity contribution is -0.0363. The third-order valence-electron chi connectivity index (χ3n) is 3.30. The Balaban J connectivity index is 2.24. The highest BCUT2D eigenvalue weighted by molar-refractivity contribution is 7.47. The summed E-state index contributed by atoms with van der Waals surface area (Å²) in [6.45, 7) is 2.21. The van der Waals surface area contributed by atoms with E-state index in [0.717, 1.165) is 18.4 Å². The van der Waals surface area contributed by atoms with Crippen LogP contribution in [0, 0.1) is 0 Å². The standard InChI is InChI=1S/C15H24FO4P/c1-2-3-4-5-6-7-8-9-14-10-12-15(13-11-14)19-21(17,18)20-16/h10-13H,2-9H2,1H3,(H,17,18). The van der Waals surface area contributed by atoms with E-state index in [4.69, 9.17) is 4.89 Å². The van der Waals surface area contributed by atoms with Gasteiger partial charge in [0.2, 0.25) is 0 Å². The minimum absolute atomic E-state index is 0.113. The number of unbranched alkanes of at least 4 members (excludes halogenated alkanes) is 6. The lowest BCUT2D eigenvalue weighted by Gasteiger charge is -2.08. The second-order valence-electron chi connectivity index (χ2n) is 5.14. The van der Waals surface area contributed by atoms with E-state index < -0.39 is 7.82 Å². The summed E-state index contributed by atoms with van der Waals surface area (Å²) in [4.78, 5) is 8.84. The first-order valence-electron chi connectivity index (χ1n) is 7.49. The molecule has 0 spiro atoms. The molecule has 0 amide bonds. The summed E-state index contributed by atoms with van der Waals surface area (Å²) in [6.07, 6.45) is 9.77. The number of benzene rings is 1. The molecule has 1 atom stereocenters. The lowest BCUT2D eigenvalue weighted by atomic mass is 10.0. The molecule has 6 heteroatoms. The smallest absolute Gasteiger partial charge is 0.403 e. The maximum absolute atomic E-state index is 11.7. The second-order valence-corrected chi connectivity index (χ2v) is 6.40. The molecule has 0 saturated heterocycles. The summed E-state index contributed by atoms with van der Waals surface area (Å²) in [5.74, 6) is 0.113. The van der Waals surface area contributed by atoms with E-state index in [9.17, 15) is 9.09 Å². The quantitative estimate of drug-likeness (QED) is 0.441. The monoisotopic (exact) mass is 318 g/mol. The first-order chi connectivity index (χ1) is 10.1. The Bertz CT molecular complexity index is 436. The number of rotatable bonds is 11. The highest BCUT2D eigenvalue weighted by Gasteiger charge is 2.23. The zero-order chi connectivity index (χ0) is 15.6. The molecule has 0 saturated carbocycles. The van der Waals surface area contributed by atoms with Crippen molar-refractivity contribution in [3.05, 3.63) is 29.8 Å².